The minimum Gasteiger partial charge on any atom is -0.493 e. The number of nitrogens with one attached hydrogen (secondary N) is 1. The van der Waals surface area contributed by atoms with Crippen LogP contribution in [0.15, 0.2) is 18.2 Å². The Balaban J connectivity index is 2.57. The summed E-state index contributed by atoms with van der Waals surface area (Å²) < 4.78 is 10.7. The predicted molar refractivity (Wildman–Crippen MR) is 80.6 cm³/mol. The first kappa shape index (κ1) is 16.3. The molecule has 4 nitrogen and oxygen atoms in total. The molecule has 4 heteroatoms. The first-order valence-corrected chi connectivity index (χ1v) is 7.32. The van der Waals surface area contributed by atoms with E-state index in [-0.39, 0.29) is 5.91 Å². The molecule has 1 aromatic rings. The Kier molecular flexibility index (Phi) is 7.55. The lowest BCUT2D eigenvalue weighted by molar-refractivity contribution is 0.0952. The maximum Gasteiger partial charge on any atom is 0.251 e. The van der Waals surface area contributed by atoms with Gasteiger partial charge in [0.1, 0.15) is 0 Å². The number of rotatable bonds is 9. The smallest absolute Gasteiger partial charge is 0.251 e. The summed E-state index contributed by atoms with van der Waals surface area (Å²) >= 11 is 0. The SMILES string of the molecule is CCCCCCNC(=O)c1ccc(OC)c(OCC)c1. The zero-order chi connectivity index (χ0) is 14.8. The van der Waals surface area contributed by atoms with Gasteiger partial charge in [0.25, 0.3) is 5.91 Å². The van der Waals surface area contributed by atoms with Crippen LogP contribution in [0.25, 0.3) is 0 Å². The standard InChI is InChI=1S/C16H25NO3/c1-4-6-7-8-11-17-16(18)13-9-10-14(19-3)15(12-13)20-5-2/h9-10,12H,4-8,11H2,1-3H3,(H,17,18). The van der Waals surface area contributed by atoms with E-state index in [0.717, 1.165) is 19.4 Å². The maximum absolute atomic E-state index is 12.0. The Morgan fingerprint density at radius 1 is 1.15 bits per heavy atom. The molecule has 0 unspecified atom stereocenters. The van der Waals surface area contributed by atoms with E-state index in [1.165, 1.54) is 12.8 Å². The van der Waals surface area contributed by atoms with E-state index in [1.54, 1.807) is 25.3 Å². The number of methoxy groups -OCH3 is 1. The lowest BCUT2D eigenvalue weighted by Gasteiger charge is -2.11. The summed E-state index contributed by atoms with van der Waals surface area (Å²) in [6, 6.07) is 5.24. The van der Waals surface area contributed by atoms with E-state index in [2.05, 4.69) is 12.2 Å². The van der Waals surface area contributed by atoms with Crippen molar-refractivity contribution in [1.29, 1.82) is 0 Å². The van der Waals surface area contributed by atoms with Gasteiger partial charge in [0.2, 0.25) is 0 Å². The molecule has 0 aliphatic rings. The molecule has 20 heavy (non-hydrogen) atoms. The molecule has 0 spiro atoms. The van der Waals surface area contributed by atoms with Crippen molar-refractivity contribution in [2.45, 2.75) is 39.5 Å². The largest absolute Gasteiger partial charge is 0.493 e. The topological polar surface area (TPSA) is 47.6 Å². The summed E-state index contributed by atoms with van der Waals surface area (Å²) in [7, 11) is 1.59. The second-order valence-corrected chi connectivity index (χ2v) is 4.62. The number of hydrogen-bond acceptors (Lipinski definition) is 3. The average Bonchev–Trinajstić information content (AvgIpc) is 2.47. The second kappa shape index (κ2) is 9.23. The van der Waals surface area contributed by atoms with Crippen LogP contribution in [0, 0.1) is 0 Å². The molecule has 1 rings (SSSR count). The van der Waals surface area contributed by atoms with Crippen molar-refractivity contribution in [2.75, 3.05) is 20.3 Å². The zero-order valence-corrected chi connectivity index (χ0v) is 12.7. The van der Waals surface area contributed by atoms with Gasteiger partial charge in [-0.05, 0) is 31.5 Å². The fourth-order valence-electron chi connectivity index (χ4n) is 1.94. The highest BCUT2D eigenvalue weighted by Crippen LogP contribution is 2.27. The Morgan fingerprint density at radius 3 is 2.60 bits per heavy atom. The van der Waals surface area contributed by atoms with Gasteiger partial charge < -0.3 is 14.8 Å². The number of hydrogen-bond donors (Lipinski definition) is 1. The fourth-order valence-corrected chi connectivity index (χ4v) is 1.94. The molecule has 1 N–H and O–H groups in total. The van der Waals surface area contributed by atoms with E-state index >= 15 is 0 Å². The molecule has 0 aromatic heterocycles. The van der Waals surface area contributed by atoms with E-state index in [1.807, 2.05) is 6.92 Å². The molecule has 0 aliphatic heterocycles. The zero-order valence-electron chi connectivity index (χ0n) is 12.7. The number of carbonyl (C=O) groups is 1. The Morgan fingerprint density at radius 2 is 1.95 bits per heavy atom. The van der Waals surface area contributed by atoms with Gasteiger partial charge in [-0.15, -0.1) is 0 Å². The summed E-state index contributed by atoms with van der Waals surface area (Å²) in [6.07, 6.45) is 4.59. The molecular weight excluding hydrogens is 254 g/mol. The first-order chi connectivity index (χ1) is 9.72. The average molecular weight is 279 g/mol. The lowest BCUT2D eigenvalue weighted by atomic mass is 10.1. The van der Waals surface area contributed by atoms with Crippen molar-refractivity contribution in [2.24, 2.45) is 0 Å². The molecule has 0 aliphatic carbocycles. The summed E-state index contributed by atoms with van der Waals surface area (Å²) in [5.74, 6) is 1.19. The highest BCUT2D eigenvalue weighted by Gasteiger charge is 2.10. The Bertz CT molecular complexity index is 418. The summed E-state index contributed by atoms with van der Waals surface area (Å²) in [4.78, 5) is 12.0. The number of ether oxygens (including phenoxy) is 2. The van der Waals surface area contributed by atoms with Crippen molar-refractivity contribution in [3.05, 3.63) is 23.8 Å². The van der Waals surface area contributed by atoms with Gasteiger partial charge in [0, 0.05) is 12.1 Å². The van der Waals surface area contributed by atoms with Crippen molar-refractivity contribution in [3.8, 4) is 11.5 Å². The predicted octanol–water partition coefficient (Wildman–Crippen LogP) is 3.40. The summed E-state index contributed by atoms with van der Waals surface area (Å²) in [5, 5.41) is 2.93. The summed E-state index contributed by atoms with van der Waals surface area (Å²) in [5.41, 5.74) is 0.602. The minimum absolute atomic E-state index is 0.0647. The van der Waals surface area contributed by atoms with Gasteiger partial charge in [-0.25, -0.2) is 0 Å². The molecule has 1 amide bonds. The van der Waals surface area contributed by atoms with Crippen LogP contribution >= 0.6 is 0 Å². The molecule has 0 radical (unpaired) electrons. The second-order valence-electron chi connectivity index (χ2n) is 4.62. The molecule has 112 valence electrons. The quantitative estimate of drug-likeness (QED) is 0.705. The third kappa shape index (κ3) is 5.11. The van der Waals surface area contributed by atoms with Crippen LogP contribution in [0.5, 0.6) is 11.5 Å². The normalized spacial score (nSPS) is 10.2. The van der Waals surface area contributed by atoms with E-state index in [4.69, 9.17) is 9.47 Å². The van der Waals surface area contributed by atoms with Gasteiger partial charge in [-0.1, -0.05) is 26.2 Å². The van der Waals surface area contributed by atoms with Crippen molar-refractivity contribution >= 4 is 5.91 Å². The highest BCUT2D eigenvalue weighted by atomic mass is 16.5. The fraction of sp³-hybridized carbons (Fsp3) is 0.562. The van der Waals surface area contributed by atoms with E-state index < -0.39 is 0 Å². The molecular formula is C16H25NO3. The van der Waals surface area contributed by atoms with E-state index in [9.17, 15) is 4.79 Å². The van der Waals surface area contributed by atoms with Crippen LogP contribution in [0.2, 0.25) is 0 Å². The van der Waals surface area contributed by atoms with Crippen LogP contribution in [-0.4, -0.2) is 26.2 Å². The Labute approximate surface area is 121 Å². The van der Waals surface area contributed by atoms with Crippen LogP contribution in [0.1, 0.15) is 49.9 Å². The van der Waals surface area contributed by atoms with Crippen LogP contribution in [0.4, 0.5) is 0 Å². The van der Waals surface area contributed by atoms with Crippen LogP contribution < -0.4 is 14.8 Å². The van der Waals surface area contributed by atoms with Gasteiger partial charge in [-0.3, -0.25) is 4.79 Å². The monoisotopic (exact) mass is 279 g/mol. The number of benzene rings is 1. The third-order valence-corrected chi connectivity index (χ3v) is 3.04. The van der Waals surface area contributed by atoms with Crippen molar-refractivity contribution < 1.29 is 14.3 Å². The molecule has 0 bridgehead atoms. The number of unbranched alkanes of at least 4 members (excludes halogenated alkanes) is 3. The molecule has 0 atom stereocenters. The molecule has 0 heterocycles. The third-order valence-electron chi connectivity index (χ3n) is 3.04. The molecule has 0 fully saturated rings. The number of carbonyl (C=O) groups excluding carboxylic acids is 1. The van der Waals surface area contributed by atoms with Crippen molar-refractivity contribution in [3.63, 3.8) is 0 Å². The Hall–Kier alpha value is -1.71. The minimum atomic E-state index is -0.0647. The maximum atomic E-state index is 12.0. The van der Waals surface area contributed by atoms with Gasteiger partial charge in [0.15, 0.2) is 11.5 Å². The van der Waals surface area contributed by atoms with Gasteiger partial charge >= 0.3 is 0 Å². The van der Waals surface area contributed by atoms with E-state index in [0.29, 0.717) is 23.7 Å². The lowest BCUT2D eigenvalue weighted by Crippen LogP contribution is -2.24. The van der Waals surface area contributed by atoms with Gasteiger partial charge in [0.05, 0.1) is 13.7 Å². The number of amides is 1. The highest BCUT2D eigenvalue weighted by molar-refractivity contribution is 5.94. The molecule has 0 saturated carbocycles. The molecule has 1 aromatic carbocycles. The van der Waals surface area contributed by atoms with Crippen LogP contribution in [-0.2, 0) is 0 Å². The van der Waals surface area contributed by atoms with Crippen LogP contribution in [0.3, 0.4) is 0 Å². The summed E-state index contributed by atoms with van der Waals surface area (Å²) in [6.45, 7) is 5.33. The molecule has 0 saturated heterocycles. The van der Waals surface area contributed by atoms with Crippen molar-refractivity contribution in [1.82, 2.24) is 5.32 Å². The van der Waals surface area contributed by atoms with Gasteiger partial charge in [-0.2, -0.15) is 0 Å². The first-order valence-electron chi connectivity index (χ1n) is 7.32.